The first kappa shape index (κ1) is 13.9. The zero-order chi connectivity index (χ0) is 11.8. The fourth-order valence-electron chi connectivity index (χ4n) is 2.42. The van der Waals surface area contributed by atoms with Gasteiger partial charge >= 0.3 is 0 Å². The van der Waals surface area contributed by atoms with E-state index in [0.29, 0.717) is 0 Å². The number of aliphatic hydroxyl groups excluding tert-OH is 1. The van der Waals surface area contributed by atoms with Crippen molar-refractivity contribution in [2.45, 2.75) is 57.6 Å². The smallest absolute Gasteiger partial charge is 0.0512 e. The SMILES string of the molecule is CC(O)CCCNCCC1CCCCN1C. The second-order valence-corrected chi connectivity index (χ2v) is 5.16. The van der Waals surface area contributed by atoms with Crippen LogP contribution in [-0.2, 0) is 0 Å². The van der Waals surface area contributed by atoms with E-state index in [2.05, 4.69) is 17.3 Å². The summed E-state index contributed by atoms with van der Waals surface area (Å²) in [6, 6.07) is 0.790. The molecule has 2 N–H and O–H groups in total. The third kappa shape index (κ3) is 5.83. The molecule has 0 aromatic carbocycles. The molecule has 0 aromatic heterocycles. The largest absolute Gasteiger partial charge is 0.393 e. The van der Waals surface area contributed by atoms with Crippen LogP contribution in [0.5, 0.6) is 0 Å². The van der Waals surface area contributed by atoms with Gasteiger partial charge in [-0.05, 0) is 65.7 Å². The highest BCUT2D eigenvalue weighted by Gasteiger charge is 2.17. The molecule has 0 spiro atoms. The minimum atomic E-state index is -0.147. The first-order valence-electron chi connectivity index (χ1n) is 6.79. The van der Waals surface area contributed by atoms with Crippen LogP contribution in [0.4, 0.5) is 0 Å². The molecule has 0 bridgehead atoms. The van der Waals surface area contributed by atoms with Gasteiger partial charge in [0.1, 0.15) is 0 Å². The first-order valence-corrected chi connectivity index (χ1v) is 6.79. The Hall–Kier alpha value is -0.120. The lowest BCUT2D eigenvalue weighted by atomic mass is 10.0. The number of rotatable bonds is 7. The molecule has 0 radical (unpaired) electrons. The minimum absolute atomic E-state index is 0.147. The van der Waals surface area contributed by atoms with Crippen LogP contribution < -0.4 is 5.32 Å². The quantitative estimate of drug-likeness (QED) is 0.650. The van der Waals surface area contributed by atoms with Crippen LogP contribution in [-0.4, -0.2) is 48.8 Å². The topological polar surface area (TPSA) is 35.5 Å². The Morgan fingerprint density at radius 3 is 2.88 bits per heavy atom. The molecular formula is C13H28N2O. The molecule has 1 fully saturated rings. The Morgan fingerprint density at radius 2 is 2.19 bits per heavy atom. The van der Waals surface area contributed by atoms with Crippen molar-refractivity contribution in [1.82, 2.24) is 10.2 Å². The van der Waals surface area contributed by atoms with Crippen LogP contribution in [0, 0.1) is 0 Å². The molecule has 2 unspecified atom stereocenters. The van der Waals surface area contributed by atoms with Crippen LogP contribution in [0.1, 0.15) is 45.4 Å². The molecule has 0 amide bonds. The van der Waals surface area contributed by atoms with E-state index in [9.17, 15) is 0 Å². The third-order valence-corrected chi connectivity index (χ3v) is 3.55. The average Bonchev–Trinajstić information content (AvgIpc) is 2.25. The van der Waals surface area contributed by atoms with Gasteiger partial charge in [-0.1, -0.05) is 6.42 Å². The number of nitrogens with one attached hydrogen (secondary N) is 1. The average molecular weight is 228 g/mol. The molecular weight excluding hydrogens is 200 g/mol. The number of likely N-dealkylation sites (tertiary alicyclic amines) is 1. The molecule has 1 heterocycles. The molecule has 1 aliphatic rings. The third-order valence-electron chi connectivity index (χ3n) is 3.55. The minimum Gasteiger partial charge on any atom is -0.393 e. The van der Waals surface area contributed by atoms with Crippen molar-refractivity contribution in [3.05, 3.63) is 0 Å². The second kappa shape index (κ2) is 8.04. The number of hydrogen-bond acceptors (Lipinski definition) is 3. The van der Waals surface area contributed by atoms with Crippen LogP contribution in [0.25, 0.3) is 0 Å². The highest BCUT2D eigenvalue weighted by Crippen LogP contribution is 2.16. The van der Waals surface area contributed by atoms with Gasteiger partial charge in [0, 0.05) is 6.04 Å². The predicted molar refractivity (Wildman–Crippen MR) is 68.7 cm³/mol. The van der Waals surface area contributed by atoms with Crippen molar-refractivity contribution in [1.29, 1.82) is 0 Å². The van der Waals surface area contributed by atoms with E-state index >= 15 is 0 Å². The van der Waals surface area contributed by atoms with Crippen molar-refractivity contribution in [3.8, 4) is 0 Å². The molecule has 1 aliphatic heterocycles. The Morgan fingerprint density at radius 1 is 1.38 bits per heavy atom. The number of piperidine rings is 1. The molecule has 3 nitrogen and oxygen atoms in total. The summed E-state index contributed by atoms with van der Waals surface area (Å²) in [7, 11) is 2.25. The van der Waals surface area contributed by atoms with Gasteiger partial charge in [0.25, 0.3) is 0 Å². The van der Waals surface area contributed by atoms with Gasteiger partial charge < -0.3 is 15.3 Å². The van der Waals surface area contributed by atoms with E-state index in [0.717, 1.165) is 32.0 Å². The molecule has 0 saturated carbocycles. The first-order chi connectivity index (χ1) is 7.70. The fourth-order valence-corrected chi connectivity index (χ4v) is 2.42. The summed E-state index contributed by atoms with van der Waals surface area (Å²) in [5.74, 6) is 0. The van der Waals surface area contributed by atoms with Gasteiger partial charge in [0.2, 0.25) is 0 Å². The Balaban J connectivity index is 1.94. The molecule has 1 rings (SSSR count). The van der Waals surface area contributed by atoms with E-state index in [4.69, 9.17) is 5.11 Å². The lowest BCUT2D eigenvalue weighted by molar-refractivity contribution is 0.173. The van der Waals surface area contributed by atoms with Gasteiger partial charge in [-0.3, -0.25) is 0 Å². The number of nitrogens with zero attached hydrogens (tertiary/aromatic N) is 1. The summed E-state index contributed by atoms with van der Waals surface area (Å²) in [4.78, 5) is 2.50. The summed E-state index contributed by atoms with van der Waals surface area (Å²) >= 11 is 0. The molecule has 96 valence electrons. The highest BCUT2D eigenvalue weighted by atomic mass is 16.3. The maximum Gasteiger partial charge on any atom is 0.0512 e. The lowest BCUT2D eigenvalue weighted by Gasteiger charge is -2.32. The van der Waals surface area contributed by atoms with E-state index in [-0.39, 0.29) is 6.10 Å². The van der Waals surface area contributed by atoms with Gasteiger partial charge in [0.15, 0.2) is 0 Å². The summed E-state index contributed by atoms with van der Waals surface area (Å²) in [5.41, 5.74) is 0. The zero-order valence-electron chi connectivity index (χ0n) is 10.9. The van der Waals surface area contributed by atoms with Crippen LogP contribution in [0.15, 0.2) is 0 Å². The molecule has 16 heavy (non-hydrogen) atoms. The second-order valence-electron chi connectivity index (χ2n) is 5.16. The fraction of sp³-hybridized carbons (Fsp3) is 1.00. The van der Waals surface area contributed by atoms with Gasteiger partial charge in [-0.15, -0.1) is 0 Å². The summed E-state index contributed by atoms with van der Waals surface area (Å²) < 4.78 is 0. The zero-order valence-corrected chi connectivity index (χ0v) is 10.9. The molecule has 1 saturated heterocycles. The van der Waals surface area contributed by atoms with Crippen LogP contribution in [0.2, 0.25) is 0 Å². The van der Waals surface area contributed by atoms with Gasteiger partial charge in [-0.2, -0.15) is 0 Å². The van der Waals surface area contributed by atoms with E-state index in [1.54, 1.807) is 0 Å². The van der Waals surface area contributed by atoms with Crippen molar-refractivity contribution >= 4 is 0 Å². The summed E-state index contributed by atoms with van der Waals surface area (Å²) in [6.07, 6.45) is 7.25. The monoisotopic (exact) mass is 228 g/mol. The Kier molecular flexibility index (Phi) is 7.01. The Labute approximate surface area is 100 Å². The van der Waals surface area contributed by atoms with Crippen molar-refractivity contribution in [3.63, 3.8) is 0 Å². The van der Waals surface area contributed by atoms with Crippen molar-refractivity contribution < 1.29 is 5.11 Å². The molecule has 3 heteroatoms. The lowest BCUT2D eigenvalue weighted by Crippen LogP contribution is -2.38. The van der Waals surface area contributed by atoms with Gasteiger partial charge in [0.05, 0.1) is 6.10 Å². The number of aliphatic hydroxyl groups is 1. The maximum absolute atomic E-state index is 9.11. The number of hydrogen-bond donors (Lipinski definition) is 2. The van der Waals surface area contributed by atoms with Crippen LogP contribution in [0.3, 0.4) is 0 Å². The standard InChI is InChI=1S/C13H28N2O/c1-12(16)6-5-9-14-10-8-13-7-3-4-11-15(13)2/h12-14,16H,3-11H2,1-2H3. The summed E-state index contributed by atoms with van der Waals surface area (Å²) in [6.45, 7) is 5.29. The summed E-state index contributed by atoms with van der Waals surface area (Å²) in [5, 5.41) is 12.6. The molecule has 2 atom stereocenters. The van der Waals surface area contributed by atoms with Crippen LogP contribution >= 0.6 is 0 Å². The van der Waals surface area contributed by atoms with Gasteiger partial charge in [-0.25, -0.2) is 0 Å². The highest BCUT2D eigenvalue weighted by molar-refractivity contribution is 4.74. The van der Waals surface area contributed by atoms with E-state index in [1.807, 2.05) is 6.92 Å². The van der Waals surface area contributed by atoms with E-state index < -0.39 is 0 Å². The van der Waals surface area contributed by atoms with E-state index in [1.165, 1.54) is 32.2 Å². The van der Waals surface area contributed by atoms with Crippen molar-refractivity contribution in [2.75, 3.05) is 26.7 Å². The molecule has 0 aliphatic carbocycles. The molecule has 0 aromatic rings. The predicted octanol–water partition coefficient (Wildman–Crippen LogP) is 1.61. The Bertz CT molecular complexity index is 173. The maximum atomic E-state index is 9.11. The van der Waals surface area contributed by atoms with Crippen molar-refractivity contribution in [2.24, 2.45) is 0 Å². The normalized spacial score (nSPS) is 24.6.